The largest absolute Gasteiger partial charge is 0.463 e. The molecule has 218 valence electrons. The van der Waals surface area contributed by atoms with E-state index >= 15 is 0 Å². The molecule has 0 atom stereocenters. The lowest BCUT2D eigenvalue weighted by Crippen LogP contribution is -2.30. The molecule has 2 aliphatic rings. The van der Waals surface area contributed by atoms with Gasteiger partial charge in [-0.1, -0.05) is 58.3 Å². The fraction of sp³-hybridized carbons (Fsp3) is 0.968. The van der Waals surface area contributed by atoms with Crippen molar-refractivity contribution in [1.82, 2.24) is 0 Å². The van der Waals surface area contributed by atoms with Crippen molar-refractivity contribution in [2.75, 3.05) is 46.8 Å². The van der Waals surface area contributed by atoms with E-state index in [4.69, 9.17) is 23.7 Å². The average Bonchev–Trinajstić information content (AvgIpc) is 2.93. The third kappa shape index (κ3) is 16.1. The number of esters is 1. The van der Waals surface area contributed by atoms with E-state index < -0.39 is 0 Å². The second-order valence-electron chi connectivity index (χ2n) is 11.2. The van der Waals surface area contributed by atoms with E-state index in [1.165, 1.54) is 96.3 Å². The molecule has 2 aliphatic carbocycles. The van der Waals surface area contributed by atoms with Crippen molar-refractivity contribution >= 4 is 5.97 Å². The van der Waals surface area contributed by atoms with Crippen LogP contribution in [0.3, 0.4) is 0 Å². The third-order valence-electron chi connectivity index (χ3n) is 8.37. The van der Waals surface area contributed by atoms with E-state index in [-0.39, 0.29) is 5.97 Å². The second kappa shape index (κ2) is 22.2. The molecule has 6 nitrogen and oxygen atoms in total. The molecular formula is C31H58O6. The molecule has 2 rings (SSSR count). The van der Waals surface area contributed by atoms with Gasteiger partial charge in [0.2, 0.25) is 0 Å². The molecule has 0 radical (unpaired) electrons. The molecule has 0 heterocycles. The zero-order valence-corrected chi connectivity index (χ0v) is 24.2. The van der Waals surface area contributed by atoms with Crippen molar-refractivity contribution in [3.63, 3.8) is 0 Å². The van der Waals surface area contributed by atoms with Crippen LogP contribution in [0.2, 0.25) is 0 Å². The highest BCUT2D eigenvalue weighted by atomic mass is 16.6. The third-order valence-corrected chi connectivity index (χ3v) is 8.37. The SMILES string of the molecule is CCCCCCCCCCCC(=O)OCCOCCOCCOC1CCC(C2CCC(OC)CC2)CC1. The highest BCUT2D eigenvalue weighted by Crippen LogP contribution is 2.39. The van der Waals surface area contributed by atoms with Crippen LogP contribution in [0.1, 0.15) is 122 Å². The van der Waals surface area contributed by atoms with Gasteiger partial charge in [-0.15, -0.1) is 0 Å². The molecule has 0 aliphatic heterocycles. The maximum absolute atomic E-state index is 11.8. The lowest BCUT2D eigenvalue weighted by Gasteiger charge is -2.37. The molecule has 6 heteroatoms. The fourth-order valence-electron chi connectivity index (χ4n) is 5.98. The van der Waals surface area contributed by atoms with Crippen molar-refractivity contribution in [3.05, 3.63) is 0 Å². The molecule has 0 saturated heterocycles. The maximum Gasteiger partial charge on any atom is 0.305 e. The zero-order valence-electron chi connectivity index (χ0n) is 24.2. The number of ether oxygens (including phenoxy) is 5. The Kier molecular flexibility index (Phi) is 19.5. The minimum Gasteiger partial charge on any atom is -0.463 e. The Hall–Kier alpha value is -0.690. The minimum absolute atomic E-state index is 0.104. The van der Waals surface area contributed by atoms with Gasteiger partial charge in [0.15, 0.2) is 0 Å². The van der Waals surface area contributed by atoms with Crippen LogP contribution in [-0.2, 0) is 28.5 Å². The van der Waals surface area contributed by atoms with Crippen LogP contribution in [0.25, 0.3) is 0 Å². The van der Waals surface area contributed by atoms with E-state index in [1.807, 2.05) is 7.11 Å². The quantitative estimate of drug-likeness (QED) is 0.109. The molecule has 0 aromatic heterocycles. The number of carbonyl (C=O) groups is 1. The van der Waals surface area contributed by atoms with Crippen LogP contribution in [-0.4, -0.2) is 64.9 Å². The Morgan fingerprint density at radius 1 is 0.595 bits per heavy atom. The molecule has 2 saturated carbocycles. The smallest absolute Gasteiger partial charge is 0.305 e. The fourth-order valence-corrected chi connectivity index (χ4v) is 5.98. The Morgan fingerprint density at radius 3 is 1.65 bits per heavy atom. The van der Waals surface area contributed by atoms with Gasteiger partial charge < -0.3 is 23.7 Å². The predicted octanol–water partition coefficient (Wildman–Crippen LogP) is 7.26. The molecule has 2 fully saturated rings. The van der Waals surface area contributed by atoms with Gasteiger partial charge >= 0.3 is 5.97 Å². The van der Waals surface area contributed by atoms with Gasteiger partial charge in [-0.3, -0.25) is 4.79 Å². The number of methoxy groups -OCH3 is 1. The molecule has 0 bridgehead atoms. The molecule has 37 heavy (non-hydrogen) atoms. The first kappa shape index (κ1) is 32.5. The number of unbranched alkanes of at least 4 members (excludes halogenated alkanes) is 8. The summed E-state index contributed by atoms with van der Waals surface area (Å²) in [6.07, 6.45) is 22.9. The van der Waals surface area contributed by atoms with E-state index in [0.717, 1.165) is 24.7 Å². The second-order valence-corrected chi connectivity index (χ2v) is 11.2. The van der Waals surface area contributed by atoms with Crippen LogP contribution < -0.4 is 0 Å². The number of hydrogen-bond donors (Lipinski definition) is 0. The predicted molar refractivity (Wildman–Crippen MR) is 149 cm³/mol. The molecular weight excluding hydrogens is 468 g/mol. The molecule has 0 N–H and O–H groups in total. The summed E-state index contributed by atoms with van der Waals surface area (Å²) in [5.41, 5.74) is 0. The summed E-state index contributed by atoms with van der Waals surface area (Å²) in [7, 11) is 1.85. The first-order valence-electron chi connectivity index (χ1n) is 15.7. The van der Waals surface area contributed by atoms with Crippen molar-refractivity contribution in [2.24, 2.45) is 11.8 Å². The van der Waals surface area contributed by atoms with Gasteiger partial charge in [0.1, 0.15) is 6.61 Å². The van der Waals surface area contributed by atoms with Crippen LogP contribution >= 0.6 is 0 Å². The highest BCUT2D eigenvalue weighted by molar-refractivity contribution is 5.69. The van der Waals surface area contributed by atoms with Gasteiger partial charge in [0.05, 0.1) is 45.2 Å². The molecule has 0 aromatic rings. The summed E-state index contributed by atoms with van der Waals surface area (Å²) in [5, 5.41) is 0. The highest BCUT2D eigenvalue weighted by Gasteiger charge is 2.31. The first-order valence-corrected chi connectivity index (χ1v) is 15.7. The van der Waals surface area contributed by atoms with Crippen molar-refractivity contribution < 1.29 is 28.5 Å². The Balaban J connectivity index is 1.29. The zero-order chi connectivity index (χ0) is 26.4. The molecule has 0 spiro atoms. The standard InChI is InChI=1S/C31H58O6/c1-3-4-5-6-7-8-9-10-11-12-31(32)37-26-24-35-22-21-34-23-25-36-30-19-15-28(16-20-30)27-13-17-29(33-2)18-14-27/h27-30H,3-26H2,1-2H3. The van der Waals surface area contributed by atoms with Crippen LogP contribution in [0.15, 0.2) is 0 Å². The van der Waals surface area contributed by atoms with Gasteiger partial charge in [0, 0.05) is 13.5 Å². The summed E-state index contributed by atoms with van der Waals surface area (Å²) < 4.78 is 28.0. The van der Waals surface area contributed by atoms with Crippen molar-refractivity contribution in [1.29, 1.82) is 0 Å². The van der Waals surface area contributed by atoms with E-state index in [1.54, 1.807) is 0 Å². The summed E-state index contributed by atoms with van der Waals surface area (Å²) in [5.74, 6) is 1.69. The maximum atomic E-state index is 11.8. The average molecular weight is 527 g/mol. The number of carbonyl (C=O) groups excluding carboxylic acids is 1. The normalized spacial score (nSPS) is 24.3. The first-order chi connectivity index (χ1) is 18.2. The minimum atomic E-state index is -0.104. The van der Waals surface area contributed by atoms with E-state index in [0.29, 0.717) is 58.3 Å². The lowest BCUT2D eigenvalue weighted by atomic mass is 9.72. The van der Waals surface area contributed by atoms with Crippen molar-refractivity contribution in [2.45, 2.75) is 135 Å². The summed E-state index contributed by atoms with van der Waals surface area (Å²) in [6, 6.07) is 0. The van der Waals surface area contributed by atoms with Gasteiger partial charge in [-0.05, 0) is 69.6 Å². The Bertz CT molecular complexity index is 526. The van der Waals surface area contributed by atoms with Gasteiger partial charge in [0.25, 0.3) is 0 Å². The molecule has 0 aromatic carbocycles. The van der Waals surface area contributed by atoms with Crippen LogP contribution in [0.4, 0.5) is 0 Å². The summed E-state index contributed by atoms with van der Waals surface area (Å²) in [4.78, 5) is 11.8. The van der Waals surface area contributed by atoms with E-state index in [9.17, 15) is 4.79 Å². The van der Waals surface area contributed by atoms with Gasteiger partial charge in [-0.25, -0.2) is 0 Å². The number of hydrogen-bond acceptors (Lipinski definition) is 6. The van der Waals surface area contributed by atoms with Crippen molar-refractivity contribution in [3.8, 4) is 0 Å². The van der Waals surface area contributed by atoms with Crippen LogP contribution in [0, 0.1) is 11.8 Å². The van der Waals surface area contributed by atoms with Crippen LogP contribution in [0.5, 0.6) is 0 Å². The topological polar surface area (TPSA) is 63.2 Å². The summed E-state index contributed by atoms with van der Waals surface area (Å²) in [6.45, 7) is 5.34. The monoisotopic (exact) mass is 526 g/mol. The Morgan fingerprint density at radius 2 is 1.08 bits per heavy atom. The number of rotatable bonds is 22. The van der Waals surface area contributed by atoms with E-state index in [2.05, 4.69) is 6.92 Å². The lowest BCUT2D eigenvalue weighted by molar-refractivity contribution is -0.145. The summed E-state index contributed by atoms with van der Waals surface area (Å²) >= 11 is 0. The Labute approximate surface area is 227 Å². The van der Waals surface area contributed by atoms with Gasteiger partial charge in [-0.2, -0.15) is 0 Å². The molecule has 0 amide bonds. The molecule has 0 unspecified atom stereocenters.